The predicted octanol–water partition coefficient (Wildman–Crippen LogP) is 3.99. The fourth-order valence-electron chi connectivity index (χ4n) is 6.89. The Balaban J connectivity index is 1.80. The number of hydrogen-bond acceptors (Lipinski definition) is 8. The van der Waals surface area contributed by atoms with Gasteiger partial charge in [-0.1, -0.05) is 45.9 Å². The van der Waals surface area contributed by atoms with Crippen LogP contribution in [0.2, 0.25) is 0 Å². The van der Waals surface area contributed by atoms with E-state index in [1.54, 1.807) is 28.7 Å². The highest BCUT2D eigenvalue weighted by molar-refractivity contribution is 5.94. The van der Waals surface area contributed by atoms with Crippen molar-refractivity contribution < 1.29 is 33.7 Å². The molecule has 4 rings (SSSR count). The Morgan fingerprint density at radius 3 is 2.47 bits per heavy atom. The number of benzene rings is 1. The molecule has 1 N–H and O–H groups in total. The highest BCUT2D eigenvalue weighted by Crippen LogP contribution is 2.38. The number of morpholine rings is 1. The van der Waals surface area contributed by atoms with Gasteiger partial charge in [0.2, 0.25) is 5.91 Å². The molecule has 0 radical (unpaired) electrons. The molecule has 1 aromatic heterocycles. The lowest BCUT2D eigenvalue weighted by atomic mass is 9.74. The van der Waals surface area contributed by atoms with Crippen LogP contribution < -0.4 is 4.74 Å². The molecule has 1 unspecified atom stereocenters. The third-order valence-corrected chi connectivity index (χ3v) is 8.95. The molecule has 2 aromatic rings. The number of likely N-dealkylation sites (tertiary alicyclic amines) is 1. The first-order valence-electron chi connectivity index (χ1n) is 16.6. The molecule has 2 saturated heterocycles. The lowest BCUT2D eigenvalue weighted by molar-refractivity contribution is -0.144. The highest BCUT2D eigenvalue weighted by atomic mass is 16.5. The maximum Gasteiger partial charge on any atom is 0.407 e. The van der Waals surface area contributed by atoms with E-state index in [9.17, 15) is 19.5 Å². The number of carboxylic acid groups (broad SMARTS) is 1. The van der Waals surface area contributed by atoms with Gasteiger partial charge in [0.15, 0.2) is 5.69 Å². The maximum absolute atomic E-state index is 14.9. The van der Waals surface area contributed by atoms with Gasteiger partial charge < -0.3 is 34.0 Å². The van der Waals surface area contributed by atoms with Crippen LogP contribution in [0.25, 0.3) is 5.69 Å². The Morgan fingerprint density at radius 1 is 1.13 bits per heavy atom. The van der Waals surface area contributed by atoms with Gasteiger partial charge >= 0.3 is 6.09 Å². The van der Waals surface area contributed by atoms with E-state index in [1.807, 2.05) is 58.9 Å². The first-order chi connectivity index (χ1) is 22.4. The molecule has 2 aliphatic rings. The monoisotopic (exact) mass is 656 g/mol. The molecule has 1 aromatic carbocycles. The van der Waals surface area contributed by atoms with E-state index in [1.165, 1.54) is 4.90 Å². The third-order valence-electron chi connectivity index (χ3n) is 8.95. The molecule has 2 aliphatic heterocycles. The van der Waals surface area contributed by atoms with E-state index in [2.05, 4.69) is 10.3 Å². The van der Waals surface area contributed by atoms with E-state index in [0.717, 1.165) is 12.8 Å². The molecule has 260 valence electrons. The van der Waals surface area contributed by atoms with Crippen LogP contribution >= 0.6 is 0 Å². The molecule has 3 atom stereocenters. The maximum atomic E-state index is 14.9. The van der Waals surface area contributed by atoms with Crippen LogP contribution in [-0.2, 0) is 20.7 Å². The summed E-state index contributed by atoms with van der Waals surface area (Å²) in [6, 6.07) is 6.30. The van der Waals surface area contributed by atoms with Crippen LogP contribution in [0.4, 0.5) is 4.79 Å². The van der Waals surface area contributed by atoms with E-state index < -0.39 is 29.5 Å². The van der Waals surface area contributed by atoms with E-state index >= 15 is 0 Å². The molecule has 3 heterocycles. The number of carbonyl (C=O) groups excluding carboxylic acids is 2. The second-order valence-electron chi connectivity index (χ2n) is 14.0. The van der Waals surface area contributed by atoms with Crippen molar-refractivity contribution in [1.29, 1.82) is 0 Å². The summed E-state index contributed by atoms with van der Waals surface area (Å²) in [7, 11) is 3.26. The van der Waals surface area contributed by atoms with Crippen molar-refractivity contribution in [2.24, 2.45) is 17.3 Å². The second kappa shape index (κ2) is 15.9. The summed E-state index contributed by atoms with van der Waals surface area (Å²) in [4.78, 5) is 46.5. The minimum Gasteiger partial charge on any atom is -0.497 e. The standard InChI is InChI=1S/C34H52N6O7/c1-23(2)21-38(28-19-24(31(41)37-14-17-47-18-15-37)22-39(33(43)44)30(28)34(3,4)5)32(42)29-27(13-8-9-16-45-6)40(36-35-29)25-11-10-12-26(20-25)46-7/h10-12,20,23-24,28,30H,8-9,13-19,21-22H2,1-7H3,(H,43,44)/t24-,28+,30?/m1/s1. The normalized spacial score (nSPS) is 20.4. The number of unbranched alkanes of at least 4 members (excludes halogenated alkanes) is 1. The number of methoxy groups -OCH3 is 2. The summed E-state index contributed by atoms with van der Waals surface area (Å²) in [6.45, 7) is 12.9. The topological polar surface area (TPSA) is 140 Å². The van der Waals surface area contributed by atoms with Crippen LogP contribution in [0, 0.1) is 17.3 Å². The largest absolute Gasteiger partial charge is 0.497 e. The number of aromatic nitrogens is 3. The summed E-state index contributed by atoms with van der Waals surface area (Å²) in [5.74, 6) is -0.309. The van der Waals surface area contributed by atoms with Gasteiger partial charge in [0, 0.05) is 46.0 Å². The van der Waals surface area contributed by atoms with Crippen LogP contribution in [0.3, 0.4) is 0 Å². The van der Waals surface area contributed by atoms with Crippen molar-refractivity contribution in [1.82, 2.24) is 29.7 Å². The summed E-state index contributed by atoms with van der Waals surface area (Å²) < 4.78 is 17.9. The second-order valence-corrected chi connectivity index (χ2v) is 14.0. The van der Waals surface area contributed by atoms with Gasteiger partial charge in [0.1, 0.15) is 5.75 Å². The van der Waals surface area contributed by atoms with Gasteiger partial charge in [0.05, 0.1) is 49.7 Å². The molecule has 0 saturated carbocycles. The number of hydrogen-bond donors (Lipinski definition) is 1. The van der Waals surface area contributed by atoms with Crippen molar-refractivity contribution >= 4 is 17.9 Å². The van der Waals surface area contributed by atoms with Crippen LogP contribution in [0.1, 0.15) is 70.1 Å². The quantitative estimate of drug-likeness (QED) is 0.336. The number of amides is 3. The SMILES string of the molecule is COCCCCc1c(C(=O)N(CC(C)C)[C@H]2C[C@@H](C(=O)N3CCOCC3)CN(C(=O)O)C2C(C)(C)C)nnn1-c1cccc(OC)c1. The first kappa shape index (κ1) is 36.1. The molecule has 13 heteroatoms. The van der Waals surface area contributed by atoms with Crippen molar-refractivity contribution in [2.45, 2.75) is 72.4 Å². The molecule has 47 heavy (non-hydrogen) atoms. The Kier molecular flexibility index (Phi) is 12.2. The van der Waals surface area contributed by atoms with E-state index in [0.29, 0.717) is 69.4 Å². The Labute approximate surface area is 278 Å². The van der Waals surface area contributed by atoms with Gasteiger partial charge in [-0.25, -0.2) is 9.48 Å². The summed E-state index contributed by atoms with van der Waals surface area (Å²) >= 11 is 0. The summed E-state index contributed by atoms with van der Waals surface area (Å²) in [6.07, 6.45) is 1.29. The molecule has 2 fully saturated rings. The zero-order valence-corrected chi connectivity index (χ0v) is 29.0. The van der Waals surface area contributed by atoms with Crippen molar-refractivity contribution in [3.8, 4) is 11.4 Å². The number of rotatable bonds is 12. The van der Waals surface area contributed by atoms with Crippen molar-refractivity contribution in [3.63, 3.8) is 0 Å². The number of ether oxygens (including phenoxy) is 3. The lowest BCUT2D eigenvalue weighted by Crippen LogP contribution is -2.66. The third kappa shape index (κ3) is 8.61. The highest BCUT2D eigenvalue weighted by Gasteiger charge is 2.50. The van der Waals surface area contributed by atoms with Gasteiger partial charge in [-0.2, -0.15) is 0 Å². The number of carbonyl (C=O) groups is 3. The van der Waals surface area contributed by atoms with Crippen LogP contribution in [0.5, 0.6) is 5.75 Å². The average Bonchev–Trinajstić information content (AvgIpc) is 3.48. The van der Waals surface area contributed by atoms with Gasteiger partial charge in [0.25, 0.3) is 5.91 Å². The predicted molar refractivity (Wildman–Crippen MR) is 176 cm³/mol. The van der Waals surface area contributed by atoms with Crippen LogP contribution in [-0.4, -0.2) is 125 Å². The molecule has 13 nitrogen and oxygen atoms in total. The zero-order valence-electron chi connectivity index (χ0n) is 29.0. The fraction of sp³-hybridized carbons (Fsp3) is 0.676. The molecule has 0 aliphatic carbocycles. The molecular formula is C34H52N6O7. The number of piperidine rings is 1. The summed E-state index contributed by atoms with van der Waals surface area (Å²) in [5.41, 5.74) is 1.06. The lowest BCUT2D eigenvalue weighted by Gasteiger charge is -2.52. The minimum absolute atomic E-state index is 0.0618. The average molecular weight is 657 g/mol. The fourth-order valence-corrected chi connectivity index (χ4v) is 6.89. The van der Waals surface area contributed by atoms with Crippen molar-refractivity contribution in [3.05, 3.63) is 35.7 Å². The van der Waals surface area contributed by atoms with Gasteiger partial charge in [-0.05, 0) is 49.1 Å². The molecule has 3 amide bonds. The Hall–Kier alpha value is -3.71. The minimum atomic E-state index is -1.10. The van der Waals surface area contributed by atoms with Crippen molar-refractivity contribution in [2.75, 3.05) is 60.2 Å². The smallest absolute Gasteiger partial charge is 0.407 e. The zero-order chi connectivity index (χ0) is 34.3. The van der Waals surface area contributed by atoms with E-state index in [4.69, 9.17) is 14.2 Å². The Morgan fingerprint density at radius 2 is 1.85 bits per heavy atom. The molecule has 0 bridgehead atoms. The van der Waals surface area contributed by atoms with E-state index in [-0.39, 0.29) is 30.0 Å². The van der Waals surface area contributed by atoms with Gasteiger partial charge in [-0.15, -0.1) is 5.10 Å². The molecule has 0 spiro atoms. The first-order valence-corrected chi connectivity index (χ1v) is 16.6. The van der Waals surface area contributed by atoms with Gasteiger partial charge in [-0.3, -0.25) is 9.59 Å². The molecular weight excluding hydrogens is 604 g/mol. The number of nitrogens with zero attached hydrogens (tertiary/aromatic N) is 6. The Bertz CT molecular complexity index is 1370. The summed E-state index contributed by atoms with van der Waals surface area (Å²) in [5, 5.41) is 19.4. The van der Waals surface area contributed by atoms with Crippen LogP contribution in [0.15, 0.2) is 24.3 Å².